The van der Waals surface area contributed by atoms with E-state index in [1.165, 1.54) is 43.9 Å². The van der Waals surface area contributed by atoms with Crippen molar-refractivity contribution in [1.29, 1.82) is 0 Å². The van der Waals surface area contributed by atoms with Crippen molar-refractivity contribution in [2.24, 2.45) is 5.10 Å². The molecule has 0 fully saturated rings. The molecule has 0 amide bonds. The molecule has 3 rings (SSSR count). The van der Waals surface area contributed by atoms with Gasteiger partial charge in [0.2, 0.25) is 10.9 Å². The van der Waals surface area contributed by atoms with Gasteiger partial charge in [0, 0.05) is 23.1 Å². The summed E-state index contributed by atoms with van der Waals surface area (Å²) in [7, 11) is 2.84. The summed E-state index contributed by atoms with van der Waals surface area (Å²) in [4.78, 5) is 16.2. The molecule has 10 heteroatoms. The molecule has 0 radical (unpaired) electrons. The van der Waals surface area contributed by atoms with Gasteiger partial charge in [-0.2, -0.15) is 5.10 Å². The highest BCUT2D eigenvalue weighted by Crippen LogP contribution is 2.33. The van der Waals surface area contributed by atoms with E-state index in [2.05, 4.69) is 15.5 Å². The van der Waals surface area contributed by atoms with E-state index < -0.39 is 4.92 Å². The Bertz CT molecular complexity index is 938. The van der Waals surface area contributed by atoms with E-state index in [9.17, 15) is 10.1 Å². The van der Waals surface area contributed by atoms with Gasteiger partial charge in [0.15, 0.2) is 0 Å². The van der Waals surface area contributed by atoms with Gasteiger partial charge in [0.1, 0.15) is 5.75 Å². The first-order valence-electron chi connectivity index (χ1n) is 7.31. The van der Waals surface area contributed by atoms with Gasteiger partial charge in [-0.15, -0.1) is 22.7 Å². The highest BCUT2D eigenvalue weighted by molar-refractivity contribution is 7.15. The van der Waals surface area contributed by atoms with Gasteiger partial charge in [0.05, 0.1) is 35.9 Å². The molecule has 0 aliphatic carbocycles. The SMILES string of the molecule is COc1cc(OC)c([N+](=O)[O-])cc1/C=N\Nc1nc(-c2cccs2)cs1. The van der Waals surface area contributed by atoms with Crippen LogP contribution in [0.5, 0.6) is 11.5 Å². The van der Waals surface area contributed by atoms with Crippen molar-refractivity contribution in [3.63, 3.8) is 0 Å². The lowest BCUT2D eigenvalue weighted by Gasteiger charge is -2.08. The molecule has 134 valence electrons. The number of thiophene rings is 1. The molecule has 26 heavy (non-hydrogen) atoms. The Hall–Kier alpha value is -2.98. The molecular weight excluding hydrogens is 376 g/mol. The van der Waals surface area contributed by atoms with Crippen LogP contribution in [-0.4, -0.2) is 30.3 Å². The van der Waals surface area contributed by atoms with Gasteiger partial charge < -0.3 is 9.47 Å². The average Bonchev–Trinajstić information content (AvgIpc) is 3.32. The second kappa shape index (κ2) is 7.93. The van der Waals surface area contributed by atoms with Crippen molar-refractivity contribution < 1.29 is 14.4 Å². The summed E-state index contributed by atoms with van der Waals surface area (Å²) in [5.74, 6) is 0.536. The largest absolute Gasteiger partial charge is 0.496 e. The minimum absolute atomic E-state index is 0.123. The van der Waals surface area contributed by atoms with Gasteiger partial charge in [-0.25, -0.2) is 4.98 Å². The molecule has 0 saturated heterocycles. The van der Waals surface area contributed by atoms with Crippen molar-refractivity contribution in [3.05, 3.63) is 50.7 Å². The minimum atomic E-state index is -0.517. The van der Waals surface area contributed by atoms with E-state index in [4.69, 9.17) is 9.47 Å². The first kappa shape index (κ1) is 17.8. The maximum atomic E-state index is 11.2. The Labute approximate surface area is 156 Å². The number of nitro benzene ring substituents is 1. The third kappa shape index (κ3) is 3.81. The molecule has 0 spiro atoms. The number of aromatic nitrogens is 1. The number of hydrogen-bond donors (Lipinski definition) is 1. The number of nitro groups is 1. The molecule has 0 aliphatic rings. The van der Waals surface area contributed by atoms with Crippen LogP contribution in [0.3, 0.4) is 0 Å². The molecule has 2 aromatic heterocycles. The minimum Gasteiger partial charge on any atom is -0.496 e. The molecule has 0 aliphatic heterocycles. The number of methoxy groups -OCH3 is 2. The maximum Gasteiger partial charge on any atom is 0.311 e. The Morgan fingerprint density at radius 1 is 1.27 bits per heavy atom. The van der Waals surface area contributed by atoms with Crippen molar-refractivity contribution in [1.82, 2.24) is 4.98 Å². The van der Waals surface area contributed by atoms with Crippen molar-refractivity contribution in [2.45, 2.75) is 0 Å². The summed E-state index contributed by atoms with van der Waals surface area (Å²) >= 11 is 3.03. The van der Waals surface area contributed by atoms with Gasteiger partial charge in [-0.3, -0.25) is 15.5 Å². The normalized spacial score (nSPS) is 10.8. The molecule has 3 aromatic rings. The van der Waals surface area contributed by atoms with E-state index in [1.54, 1.807) is 11.3 Å². The molecule has 1 N–H and O–H groups in total. The second-order valence-electron chi connectivity index (χ2n) is 4.91. The van der Waals surface area contributed by atoms with Crippen LogP contribution in [0.2, 0.25) is 0 Å². The van der Waals surface area contributed by atoms with Crippen molar-refractivity contribution >= 4 is 39.7 Å². The number of benzene rings is 1. The van der Waals surface area contributed by atoms with Gasteiger partial charge in [-0.1, -0.05) is 6.07 Å². The number of anilines is 1. The predicted molar refractivity (Wildman–Crippen MR) is 103 cm³/mol. The highest BCUT2D eigenvalue weighted by Gasteiger charge is 2.18. The lowest BCUT2D eigenvalue weighted by Crippen LogP contribution is -1.99. The summed E-state index contributed by atoms with van der Waals surface area (Å²) in [5.41, 5.74) is 3.99. The van der Waals surface area contributed by atoms with Crippen LogP contribution < -0.4 is 14.9 Å². The van der Waals surface area contributed by atoms with E-state index >= 15 is 0 Å². The number of nitrogens with one attached hydrogen (secondary N) is 1. The Morgan fingerprint density at radius 3 is 2.73 bits per heavy atom. The van der Waals surface area contributed by atoms with Crippen LogP contribution in [0.1, 0.15) is 5.56 Å². The molecule has 0 unspecified atom stereocenters. The van der Waals surface area contributed by atoms with E-state index in [0.29, 0.717) is 16.4 Å². The molecule has 1 aromatic carbocycles. The quantitative estimate of drug-likeness (QED) is 0.368. The molecule has 0 saturated carbocycles. The van der Waals surface area contributed by atoms with E-state index in [-0.39, 0.29) is 11.4 Å². The zero-order chi connectivity index (χ0) is 18.5. The first-order chi connectivity index (χ1) is 12.6. The lowest BCUT2D eigenvalue weighted by atomic mass is 10.1. The van der Waals surface area contributed by atoms with Gasteiger partial charge in [-0.05, 0) is 11.4 Å². The number of hydrogen-bond acceptors (Lipinski definition) is 9. The molecule has 0 bridgehead atoms. The second-order valence-corrected chi connectivity index (χ2v) is 6.71. The Kier molecular flexibility index (Phi) is 5.44. The van der Waals surface area contributed by atoms with Gasteiger partial charge >= 0.3 is 5.69 Å². The number of nitrogens with zero attached hydrogens (tertiary/aromatic N) is 3. The Balaban J connectivity index is 1.79. The number of hydrazone groups is 1. The Morgan fingerprint density at radius 2 is 2.08 bits per heavy atom. The summed E-state index contributed by atoms with van der Waals surface area (Å²) in [5, 5.41) is 19.8. The highest BCUT2D eigenvalue weighted by atomic mass is 32.1. The fraction of sp³-hybridized carbons (Fsp3) is 0.125. The van der Waals surface area contributed by atoms with E-state index in [1.807, 2.05) is 22.9 Å². The third-order valence-electron chi connectivity index (χ3n) is 3.37. The third-order valence-corrected chi connectivity index (χ3v) is 5.01. The summed E-state index contributed by atoms with van der Waals surface area (Å²) in [6.45, 7) is 0. The summed E-state index contributed by atoms with van der Waals surface area (Å²) in [6, 6.07) is 6.77. The van der Waals surface area contributed by atoms with Crippen LogP contribution >= 0.6 is 22.7 Å². The predicted octanol–water partition coefficient (Wildman–Crippen LogP) is 4.24. The lowest BCUT2D eigenvalue weighted by molar-refractivity contribution is -0.385. The van der Waals surface area contributed by atoms with Crippen LogP contribution in [-0.2, 0) is 0 Å². The summed E-state index contributed by atoms with van der Waals surface area (Å²) in [6.07, 6.45) is 1.44. The molecule has 8 nitrogen and oxygen atoms in total. The number of ether oxygens (including phenoxy) is 2. The smallest absolute Gasteiger partial charge is 0.311 e. The van der Waals surface area contributed by atoms with E-state index in [0.717, 1.165) is 10.6 Å². The topological polar surface area (TPSA) is 98.9 Å². The average molecular weight is 390 g/mol. The monoisotopic (exact) mass is 390 g/mol. The zero-order valence-corrected chi connectivity index (χ0v) is 15.5. The van der Waals surface area contributed by atoms with Crippen LogP contribution in [0.4, 0.5) is 10.8 Å². The molecule has 0 atom stereocenters. The molecular formula is C16H14N4O4S2. The zero-order valence-electron chi connectivity index (χ0n) is 13.8. The maximum absolute atomic E-state index is 11.2. The number of rotatable bonds is 7. The summed E-state index contributed by atoms with van der Waals surface area (Å²) < 4.78 is 10.3. The van der Waals surface area contributed by atoms with Crippen LogP contribution in [0.25, 0.3) is 10.6 Å². The standard InChI is InChI=1S/C16H14N4O4S2/c1-23-13-7-14(24-2)12(20(21)22)6-10(13)8-17-19-16-18-11(9-26-16)15-4-3-5-25-15/h3-9H,1-2H3,(H,18,19)/b17-8-. The van der Waals surface area contributed by atoms with Crippen molar-refractivity contribution in [3.8, 4) is 22.1 Å². The van der Waals surface area contributed by atoms with Crippen LogP contribution in [0.15, 0.2) is 40.1 Å². The fourth-order valence-corrected chi connectivity index (χ4v) is 3.59. The van der Waals surface area contributed by atoms with Crippen LogP contribution in [0, 0.1) is 10.1 Å². The van der Waals surface area contributed by atoms with Gasteiger partial charge in [0.25, 0.3) is 0 Å². The fourth-order valence-electron chi connectivity index (χ4n) is 2.17. The number of thiazole rings is 1. The molecule has 2 heterocycles. The van der Waals surface area contributed by atoms with Crippen molar-refractivity contribution in [2.75, 3.05) is 19.6 Å². The first-order valence-corrected chi connectivity index (χ1v) is 9.07.